The quantitative estimate of drug-likeness (QED) is 0.450. The molecule has 0 aliphatic carbocycles. The van der Waals surface area contributed by atoms with Crippen LogP contribution in [-0.4, -0.2) is 11.9 Å². The molecule has 8 heavy (non-hydrogen) atoms. The van der Waals surface area contributed by atoms with E-state index in [1.165, 1.54) is 0 Å². The summed E-state index contributed by atoms with van der Waals surface area (Å²) in [5.74, 6) is 0.501. The zero-order valence-electron chi connectivity index (χ0n) is 4.26. The lowest BCUT2D eigenvalue weighted by molar-refractivity contribution is 0.0889. The smallest absolute Gasteiger partial charge is 0.306 e. The highest BCUT2D eigenvalue weighted by Crippen LogP contribution is 1.80. The molecular weight excluding hydrogens is 110 g/mol. The number of nitrogens with zero attached hydrogens (tertiary/aromatic N) is 1. The van der Waals surface area contributed by atoms with Crippen LogP contribution in [0.15, 0.2) is 5.10 Å². The highest BCUT2D eigenvalue weighted by Gasteiger charge is 2.06. The Morgan fingerprint density at radius 1 is 1.75 bits per heavy atom. The van der Waals surface area contributed by atoms with Crippen LogP contribution in [0.4, 0.5) is 4.79 Å². The number of hydrogen-bond acceptors (Lipinski definition) is 4. The van der Waals surface area contributed by atoms with Gasteiger partial charge in [0.15, 0.2) is 0 Å². The van der Waals surface area contributed by atoms with Crippen molar-refractivity contribution in [2.45, 2.75) is 6.92 Å². The minimum absolute atomic E-state index is 0.501. The number of carbonyl (C=O) groups excluding carboxylic acids is 1. The highest BCUT2D eigenvalue weighted by molar-refractivity contribution is 5.94. The largest absolute Gasteiger partial charge is 0.438 e. The van der Waals surface area contributed by atoms with Crippen molar-refractivity contribution in [2.24, 2.45) is 5.10 Å². The monoisotopic (exact) mass is 115 g/mol. The van der Waals surface area contributed by atoms with E-state index in [1.807, 2.05) is 0 Å². The average Bonchev–Trinajstić information content (AvgIpc) is 1.64. The molecular formula is C3H5N3O2. The van der Waals surface area contributed by atoms with Crippen LogP contribution in [0.2, 0.25) is 0 Å². The molecule has 5 nitrogen and oxygen atoms in total. The van der Waals surface area contributed by atoms with Crippen molar-refractivity contribution in [1.82, 2.24) is 10.9 Å². The lowest BCUT2D eigenvalue weighted by Gasteiger charge is -2.09. The van der Waals surface area contributed by atoms with Gasteiger partial charge >= 0.3 is 6.09 Å². The molecule has 0 saturated heterocycles. The van der Waals surface area contributed by atoms with Crippen LogP contribution in [0.25, 0.3) is 0 Å². The number of hydrogen-bond donors (Lipinski definition) is 2. The van der Waals surface area contributed by atoms with Crippen LogP contribution in [0.1, 0.15) is 6.92 Å². The average molecular weight is 115 g/mol. The summed E-state index contributed by atoms with van der Waals surface area (Å²) >= 11 is 0. The molecule has 0 fully saturated rings. The maximum Gasteiger partial charge on any atom is 0.438 e. The van der Waals surface area contributed by atoms with Crippen LogP contribution in [0, 0.1) is 0 Å². The molecule has 0 aromatic heterocycles. The van der Waals surface area contributed by atoms with E-state index in [0.29, 0.717) is 5.84 Å². The van der Waals surface area contributed by atoms with E-state index >= 15 is 0 Å². The van der Waals surface area contributed by atoms with Crippen molar-refractivity contribution >= 4 is 11.9 Å². The molecule has 0 bridgehead atoms. The third kappa shape index (κ3) is 0.868. The summed E-state index contributed by atoms with van der Waals surface area (Å²) in [4.78, 5) is 14.4. The minimum atomic E-state index is -0.530. The molecule has 1 heterocycles. The number of hydrazone groups is 1. The molecule has 1 amide bonds. The van der Waals surface area contributed by atoms with Gasteiger partial charge < -0.3 is 4.84 Å². The third-order valence-corrected chi connectivity index (χ3v) is 0.635. The Kier molecular flexibility index (Phi) is 1.03. The predicted octanol–water partition coefficient (Wildman–Crippen LogP) is -0.436. The van der Waals surface area contributed by atoms with E-state index < -0.39 is 6.09 Å². The van der Waals surface area contributed by atoms with E-state index in [1.54, 1.807) is 6.92 Å². The first kappa shape index (κ1) is 4.89. The van der Waals surface area contributed by atoms with Gasteiger partial charge in [-0.25, -0.2) is 4.79 Å². The maximum absolute atomic E-state index is 10.2. The van der Waals surface area contributed by atoms with Crippen LogP contribution in [0.3, 0.4) is 0 Å². The Bertz CT molecular complexity index is 141. The number of amidine groups is 1. The lowest BCUT2D eigenvalue weighted by Crippen LogP contribution is -2.38. The highest BCUT2D eigenvalue weighted by atomic mass is 16.7. The number of nitrogens with one attached hydrogen (secondary N) is 2. The Hall–Kier alpha value is -1.26. The van der Waals surface area contributed by atoms with Gasteiger partial charge in [0, 0.05) is 0 Å². The molecule has 0 spiro atoms. The Morgan fingerprint density at radius 2 is 2.50 bits per heavy atom. The predicted molar refractivity (Wildman–Crippen MR) is 25.9 cm³/mol. The second-order valence-corrected chi connectivity index (χ2v) is 1.30. The SMILES string of the molecule is CC1=NNOC(=O)N1. The number of amides is 1. The van der Waals surface area contributed by atoms with Gasteiger partial charge in [0.2, 0.25) is 0 Å². The second kappa shape index (κ2) is 1.69. The van der Waals surface area contributed by atoms with Crippen molar-refractivity contribution in [3.05, 3.63) is 0 Å². The standard InChI is InChI=1S/C3H5N3O2/c1-2-4-3(7)8-6-5-2/h6H,1H3,(H,4,5,7). The summed E-state index contributed by atoms with van der Waals surface area (Å²) in [6.45, 7) is 1.65. The molecule has 0 aromatic rings. The van der Waals surface area contributed by atoms with E-state index in [4.69, 9.17) is 0 Å². The molecule has 1 aliphatic heterocycles. The molecule has 2 N–H and O–H groups in total. The first-order valence-electron chi connectivity index (χ1n) is 2.06. The van der Waals surface area contributed by atoms with Gasteiger partial charge in [-0.05, 0) is 6.92 Å². The molecule has 0 atom stereocenters. The summed E-state index contributed by atoms with van der Waals surface area (Å²) in [6, 6.07) is 0. The van der Waals surface area contributed by atoms with Gasteiger partial charge in [-0.15, -0.1) is 10.7 Å². The zero-order valence-corrected chi connectivity index (χ0v) is 4.26. The summed E-state index contributed by atoms with van der Waals surface area (Å²) < 4.78 is 0. The van der Waals surface area contributed by atoms with Crippen LogP contribution in [0.5, 0.6) is 0 Å². The number of carbonyl (C=O) groups is 1. The molecule has 0 saturated carbocycles. The fraction of sp³-hybridized carbons (Fsp3) is 0.333. The fourth-order valence-corrected chi connectivity index (χ4v) is 0.334. The van der Waals surface area contributed by atoms with Crippen LogP contribution in [-0.2, 0) is 4.84 Å². The molecule has 5 heteroatoms. The summed E-state index contributed by atoms with van der Waals surface area (Å²) in [7, 11) is 0. The maximum atomic E-state index is 10.2. The van der Waals surface area contributed by atoms with Crippen molar-refractivity contribution in [1.29, 1.82) is 0 Å². The first-order chi connectivity index (χ1) is 3.79. The fourth-order valence-electron chi connectivity index (χ4n) is 0.334. The first-order valence-corrected chi connectivity index (χ1v) is 2.06. The third-order valence-electron chi connectivity index (χ3n) is 0.635. The minimum Gasteiger partial charge on any atom is -0.306 e. The van der Waals surface area contributed by atoms with Gasteiger partial charge in [-0.2, -0.15) is 0 Å². The Morgan fingerprint density at radius 3 is 2.88 bits per heavy atom. The van der Waals surface area contributed by atoms with E-state index in [0.717, 1.165) is 0 Å². The summed E-state index contributed by atoms with van der Waals surface area (Å²) in [5.41, 5.74) is 2.06. The molecule has 44 valence electrons. The normalized spacial score (nSPS) is 17.6. The van der Waals surface area contributed by atoms with Crippen molar-refractivity contribution < 1.29 is 9.63 Å². The van der Waals surface area contributed by atoms with Crippen LogP contribution < -0.4 is 10.9 Å². The zero-order chi connectivity index (χ0) is 5.98. The van der Waals surface area contributed by atoms with Gasteiger partial charge in [-0.3, -0.25) is 5.32 Å². The van der Waals surface area contributed by atoms with Crippen molar-refractivity contribution in [3.63, 3.8) is 0 Å². The molecule has 1 aliphatic rings. The topological polar surface area (TPSA) is 62.7 Å². The van der Waals surface area contributed by atoms with Crippen molar-refractivity contribution in [3.8, 4) is 0 Å². The van der Waals surface area contributed by atoms with E-state index in [2.05, 4.69) is 20.8 Å². The second-order valence-electron chi connectivity index (χ2n) is 1.30. The molecule has 0 radical (unpaired) electrons. The van der Waals surface area contributed by atoms with E-state index in [9.17, 15) is 4.79 Å². The lowest BCUT2D eigenvalue weighted by atomic mass is 10.7. The summed E-state index contributed by atoms with van der Waals surface area (Å²) in [5, 5.41) is 5.80. The molecule has 0 aromatic carbocycles. The number of rotatable bonds is 0. The Labute approximate surface area is 45.7 Å². The van der Waals surface area contributed by atoms with Crippen molar-refractivity contribution in [2.75, 3.05) is 0 Å². The van der Waals surface area contributed by atoms with Gasteiger partial charge in [0.25, 0.3) is 0 Å². The molecule has 0 unspecified atom stereocenters. The van der Waals surface area contributed by atoms with Crippen LogP contribution >= 0.6 is 0 Å². The van der Waals surface area contributed by atoms with E-state index in [-0.39, 0.29) is 0 Å². The van der Waals surface area contributed by atoms with Gasteiger partial charge in [-0.1, -0.05) is 0 Å². The van der Waals surface area contributed by atoms with Gasteiger partial charge in [0.05, 0.1) is 0 Å². The summed E-state index contributed by atoms with van der Waals surface area (Å²) in [6.07, 6.45) is -0.530. The Balaban J connectivity index is 2.57. The van der Waals surface area contributed by atoms with Gasteiger partial charge in [0.1, 0.15) is 5.84 Å². The molecule has 1 rings (SSSR count).